The SMILES string of the molecule is Clc1ccc(C2CC(c3ccccc3)C(c3ccccc3)C(C3SCCCS3)O2)cc1. The fourth-order valence-electron chi connectivity index (χ4n) is 4.90. The molecule has 0 spiro atoms. The van der Waals surface area contributed by atoms with Crippen molar-refractivity contribution in [1.29, 1.82) is 0 Å². The normalized spacial score (nSPS) is 27.1. The van der Waals surface area contributed by atoms with E-state index < -0.39 is 0 Å². The Morgan fingerprint density at radius 1 is 0.710 bits per heavy atom. The van der Waals surface area contributed by atoms with Gasteiger partial charge in [0.25, 0.3) is 0 Å². The van der Waals surface area contributed by atoms with E-state index in [1.807, 2.05) is 12.1 Å². The molecule has 2 heterocycles. The van der Waals surface area contributed by atoms with E-state index in [1.54, 1.807) is 0 Å². The summed E-state index contributed by atoms with van der Waals surface area (Å²) in [5.41, 5.74) is 4.03. The molecule has 3 aromatic carbocycles. The molecule has 0 bridgehead atoms. The second-order valence-corrected chi connectivity index (χ2v) is 11.5. The molecule has 5 rings (SSSR count). The summed E-state index contributed by atoms with van der Waals surface area (Å²) in [6, 6.07) is 30.3. The van der Waals surface area contributed by atoms with Gasteiger partial charge in [0.1, 0.15) is 0 Å². The maximum absolute atomic E-state index is 6.99. The van der Waals surface area contributed by atoms with Crippen LogP contribution in [0.2, 0.25) is 5.02 Å². The minimum absolute atomic E-state index is 0.0792. The summed E-state index contributed by atoms with van der Waals surface area (Å²) in [5.74, 6) is 3.20. The summed E-state index contributed by atoms with van der Waals surface area (Å²) in [4.78, 5) is 0. The Bertz CT molecular complexity index is 958. The lowest BCUT2D eigenvalue weighted by atomic mass is 9.73. The van der Waals surface area contributed by atoms with Crippen molar-refractivity contribution in [2.75, 3.05) is 11.5 Å². The number of hydrogen-bond acceptors (Lipinski definition) is 3. The first-order chi connectivity index (χ1) is 15.3. The van der Waals surface area contributed by atoms with Crippen molar-refractivity contribution < 1.29 is 4.74 Å². The van der Waals surface area contributed by atoms with Gasteiger partial charge in [-0.25, -0.2) is 0 Å². The number of rotatable bonds is 4. The first kappa shape index (κ1) is 21.5. The summed E-state index contributed by atoms with van der Waals surface area (Å²) in [5, 5.41) is 0.774. The van der Waals surface area contributed by atoms with E-state index in [2.05, 4.69) is 96.3 Å². The molecule has 0 amide bonds. The molecule has 2 fully saturated rings. The summed E-state index contributed by atoms with van der Waals surface area (Å²) in [6.07, 6.45) is 2.51. The van der Waals surface area contributed by atoms with Gasteiger partial charge in [-0.2, -0.15) is 0 Å². The highest BCUT2D eigenvalue weighted by Crippen LogP contribution is 2.53. The number of halogens is 1. The van der Waals surface area contributed by atoms with Crippen molar-refractivity contribution >= 4 is 35.1 Å². The summed E-state index contributed by atoms with van der Waals surface area (Å²) in [7, 11) is 0. The highest BCUT2D eigenvalue weighted by atomic mass is 35.5. The van der Waals surface area contributed by atoms with Crippen LogP contribution >= 0.6 is 35.1 Å². The van der Waals surface area contributed by atoms with E-state index in [-0.39, 0.29) is 12.2 Å². The Morgan fingerprint density at radius 2 is 1.32 bits per heavy atom. The van der Waals surface area contributed by atoms with Crippen molar-refractivity contribution in [3.05, 3.63) is 107 Å². The molecule has 0 aromatic heterocycles. The third-order valence-electron chi connectivity index (χ3n) is 6.35. The van der Waals surface area contributed by atoms with Crippen molar-refractivity contribution in [3.63, 3.8) is 0 Å². The van der Waals surface area contributed by atoms with Gasteiger partial charge in [-0.1, -0.05) is 84.4 Å². The molecule has 4 heteroatoms. The van der Waals surface area contributed by atoms with E-state index in [9.17, 15) is 0 Å². The molecule has 0 saturated carbocycles. The molecular weight excluding hydrogens is 440 g/mol. The monoisotopic (exact) mass is 466 g/mol. The number of thioether (sulfide) groups is 2. The van der Waals surface area contributed by atoms with Crippen LogP contribution in [0.1, 0.15) is 47.5 Å². The predicted molar refractivity (Wildman–Crippen MR) is 135 cm³/mol. The molecule has 2 aliphatic rings. The zero-order valence-electron chi connectivity index (χ0n) is 17.4. The van der Waals surface area contributed by atoms with Gasteiger partial charge in [0.2, 0.25) is 0 Å². The summed E-state index contributed by atoms with van der Waals surface area (Å²) in [6.45, 7) is 0. The molecule has 0 N–H and O–H groups in total. The quantitative estimate of drug-likeness (QED) is 0.386. The van der Waals surface area contributed by atoms with Crippen LogP contribution in [0.4, 0.5) is 0 Å². The van der Waals surface area contributed by atoms with Crippen LogP contribution in [0.3, 0.4) is 0 Å². The summed E-state index contributed by atoms with van der Waals surface area (Å²) >= 11 is 10.3. The van der Waals surface area contributed by atoms with Crippen LogP contribution in [-0.4, -0.2) is 22.2 Å². The molecule has 0 aliphatic carbocycles. The molecule has 4 atom stereocenters. The molecule has 1 nitrogen and oxygen atoms in total. The highest BCUT2D eigenvalue weighted by molar-refractivity contribution is 8.17. The van der Waals surface area contributed by atoms with E-state index >= 15 is 0 Å². The van der Waals surface area contributed by atoms with Gasteiger partial charge in [-0.05, 0) is 59.1 Å². The van der Waals surface area contributed by atoms with Gasteiger partial charge >= 0.3 is 0 Å². The van der Waals surface area contributed by atoms with E-state index in [1.165, 1.54) is 34.6 Å². The second-order valence-electron chi connectivity index (χ2n) is 8.29. The van der Waals surface area contributed by atoms with Crippen molar-refractivity contribution in [2.24, 2.45) is 0 Å². The lowest BCUT2D eigenvalue weighted by Crippen LogP contribution is -2.41. The number of ether oxygens (including phenoxy) is 1. The predicted octanol–water partition coefficient (Wildman–Crippen LogP) is 7.93. The minimum atomic E-state index is 0.0792. The van der Waals surface area contributed by atoms with Crippen LogP contribution < -0.4 is 0 Å². The molecular formula is C27H27ClOS2. The lowest BCUT2D eigenvalue weighted by molar-refractivity contribution is -0.0656. The topological polar surface area (TPSA) is 9.23 Å². The Hall–Kier alpha value is -1.39. The molecule has 2 aliphatic heterocycles. The fourth-order valence-corrected chi connectivity index (χ4v) is 8.10. The molecule has 0 radical (unpaired) electrons. The third-order valence-corrected chi connectivity index (χ3v) is 9.66. The maximum atomic E-state index is 6.99. The lowest BCUT2D eigenvalue weighted by Gasteiger charge is -2.46. The Balaban J connectivity index is 1.57. The standard InChI is InChI=1S/C27H27ClOS2/c28-22-14-12-20(13-15-22)24-18-23(19-8-3-1-4-9-19)25(21-10-5-2-6-11-21)26(29-24)27-30-16-7-17-31-27/h1-6,8-15,23-27H,7,16-18H2. The maximum Gasteiger partial charge on any atom is 0.0867 e. The molecule has 4 unspecified atom stereocenters. The van der Waals surface area contributed by atoms with Crippen LogP contribution in [0.5, 0.6) is 0 Å². The van der Waals surface area contributed by atoms with Crippen LogP contribution in [0.25, 0.3) is 0 Å². The van der Waals surface area contributed by atoms with Gasteiger partial charge in [0.05, 0.1) is 16.8 Å². The third kappa shape index (κ3) is 4.85. The second kappa shape index (κ2) is 10.0. The largest absolute Gasteiger partial charge is 0.368 e. The van der Waals surface area contributed by atoms with Crippen LogP contribution in [0, 0.1) is 0 Å². The highest BCUT2D eigenvalue weighted by Gasteiger charge is 2.44. The first-order valence-corrected chi connectivity index (χ1v) is 13.5. The number of hydrogen-bond donors (Lipinski definition) is 0. The number of benzene rings is 3. The Kier molecular flexibility index (Phi) is 6.95. The minimum Gasteiger partial charge on any atom is -0.368 e. The van der Waals surface area contributed by atoms with Crippen molar-refractivity contribution in [2.45, 2.75) is 41.5 Å². The summed E-state index contributed by atoms with van der Waals surface area (Å²) < 4.78 is 7.44. The zero-order valence-corrected chi connectivity index (χ0v) is 19.8. The average Bonchev–Trinajstić information content (AvgIpc) is 2.85. The van der Waals surface area contributed by atoms with Gasteiger partial charge in [0.15, 0.2) is 0 Å². The smallest absolute Gasteiger partial charge is 0.0867 e. The van der Waals surface area contributed by atoms with Crippen LogP contribution in [-0.2, 0) is 4.74 Å². The Labute approximate surface area is 198 Å². The van der Waals surface area contributed by atoms with E-state index in [0.717, 1.165) is 11.4 Å². The molecule has 160 valence electrons. The van der Waals surface area contributed by atoms with Crippen molar-refractivity contribution in [1.82, 2.24) is 0 Å². The van der Waals surface area contributed by atoms with E-state index in [4.69, 9.17) is 16.3 Å². The van der Waals surface area contributed by atoms with Gasteiger partial charge in [-0.3, -0.25) is 0 Å². The zero-order chi connectivity index (χ0) is 21.0. The first-order valence-electron chi connectivity index (χ1n) is 11.0. The molecule has 31 heavy (non-hydrogen) atoms. The molecule has 3 aromatic rings. The van der Waals surface area contributed by atoms with E-state index in [0.29, 0.717) is 16.4 Å². The molecule has 2 saturated heterocycles. The van der Waals surface area contributed by atoms with Crippen LogP contribution in [0.15, 0.2) is 84.9 Å². The van der Waals surface area contributed by atoms with Crippen molar-refractivity contribution in [3.8, 4) is 0 Å². The average molecular weight is 467 g/mol. The van der Waals surface area contributed by atoms with Gasteiger partial charge in [-0.15, -0.1) is 23.5 Å². The van der Waals surface area contributed by atoms with Gasteiger partial charge < -0.3 is 4.74 Å². The Morgan fingerprint density at radius 3 is 1.97 bits per heavy atom. The fraction of sp³-hybridized carbons (Fsp3) is 0.333. The van der Waals surface area contributed by atoms with Gasteiger partial charge in [0, 0.05) is 10.9 Å².